The maximum Gasteiger partial charge on any atom is 0.412 e. The Bertz CT molecular complexity index is 1130. The SMILES string of the molecule is COc1ccc(C(Cc2ccc(NC(=O)OC(C)(C)C)cc2)c2ccccc2)cc1OC1CCCC1. The maximum absolute atomic E-state index is 12.1. The summed E-state index contributed by atoms with van der Waals surface area (Å²) in [6.07, 6.45) is 5.25. The number of nitrogens with one attached hydrogen (secondary N) is 1. The van der Waals surface area contributed by atoms with E-state index in [0.29, 0.717) is 5.69 Å². The minimum atomic E-state index is -0.536. The van der Waals surface area contributed by atoms with Crippen LogP contribution in [-0.2, 0) is 11.2 Å². The molecule has 3 aromatic rings. The van der Waals surface area contributed by atoms with Gasteiger partial charge in [-0.25, -0.2) is 4.79 Å². The van der Waals surface area contributed by atoms with Gasteiger partial charge in [0.05, 0.1) is 13.2 Å². The second kappa shape index (κ2) is 11.5. The molecular formula is C31H37NO4. The number of carbonyl (C=O) groups excluding carboxylic acids is 1. The summed E-state index contributed by atoms with van der Waals surface area (Å²) in [5.74, 6) is 1.74. The van der Waals surface area contributed by atoms with E-state index in [1.54, 1.807) is 7.11 Å². The van der Waals surface area contributed by atoms with Gasteiger partial charge in [-0.3, -0.25) is 5.32 Å². The Labute approximate surface area is 214 Å². The van der Waals surface area contributed by atoms with Crippen LogP contribution in [0.5, 0.6) is 11.5 Å². The predicted octanol–water partition coefficient (Wildman–Crippen LogP) is 7.74. The lowest BCUT2D eigenvalue weighted by atomic mass is 9.86. The van der Waals surface area contributed by atoms with Crippen molar-refractivity contribution in [2.24, 2.45) is 0 Å². The van der Waals surface area contributed by atoms with Crippen LogP contribution in [0.4, 0.5) is 10.5 Å². The normalized spacial score (nSPS) is 14.8. The molecule has 1 saturated carbocycles. The van der Waals surface area contributed by atoms with E-state index in [2.05, 4.69) is 53.8 Å². The molecule has 1 aliphatic rings. The van der Waals surface area contributed by atoms with Gasteiger partial charge in [-0.1, -0.05) is 48.5 Å². The van der Waals surface area contributed by atoms with Gasteiger partial charge in [-0.05, 0) is 93.8 Å². The van der Waals surface area contributed by atoms with Crippen molar-refractivity contribution in [3.63, 3.8) is 0 Å². The van der Waals surface area contributed by atoms with Gasteiger partial charge < -0.3 is 14.2 Å². The van der Waals surface area contributed by atoms with Crippen LogP contribution in [0.2, 0.25) is 0 Å². The van der Waals surface area contributed by atoms with Crippen LogP contribution in [0.25, 0.3) is 0 Å². The Hall–Kier alpha value is -3.47. The second-order valence-corrected chi connectivity index (χ2v) is 10.4. The van der Waals surface area contributed by atoms with Gasteiger partial charge >= 0.3 is 6.09 Å². The first kappa shape index (κ1) is 25.6. The number of ether oxygens (including phenoxy) is 3. The highest BCUT2D eigenvalue weighted by Crippen LogP contribution is 2.37. The average Bonchev–Trinajstić information content (AvgIpc) is 3.36. The van der Waals surface area contributed by atoms with Crippen molar-refractivity contribution in [3.8, 4) is 11.5 Å². The third-order valence-corrected chi connectivity index (χ3v) is 6.43. The fourth-order valence-electron chi connectivity index (χ4n) is 4.68. The molecule has 5 nitrogen and oxygen atoms in total. The van der Waals surface area contributed by atoms with Crippen LogP contribution in [0, 0.1) is 0 Å². The number of rotatable bonds is 8. The minimum Gasteiger partial charge on any atom is -0.493 e. The summed E-state index contributed by atoms with van der Waals surface area (Å²) >= 11 is 0. The van der Waals surface area contributed by atoms with E-state index in [1.165, 1.54) is 29.5 Å². The summed E-state index contributed by atoms with van der Waals surface area (Å²) in [7, 11) is 1.69. The summed E-state index contributed by atoms with van der Waals surface area (Å²) in [6, 6.07) is 24.8. The Balaban J connectivity index is 1.56. The number of benzene rings is 3. The fraction of sp³-hybridized carbons (Fsp3) is 0.387. The number of hydrogen-bond acceptors (Lipinski definition) is 4. The smallest absolute Gasteiger partial charge is 0.412 e. The average molecular weight is 488 g/mol. The van der Waals surface area contributed by atoms with Crippen LogP contribution in [0.3, 0.4) is 0 Å². The van der Waals surface area contributed by atoms with E-state index in [4.69, 9.17) is 14.2 Å². The summed E-state index contributed by atoms with van der Waals surface area (Å²) in [5, 5.41) is 2.81. The summed E-state index contributed by atoms with van der Waals surface area (Å²) in [6.45, 7) is 5.55. The molecule has 1 N–H and O–H groups in total. The lowest BCUT2D eigenvalue weighted by molar-refractivity contribution is 0.0636. The molecule has 190 valence electrons. The van der Waals surface area contributed by atoms with Crippen molar-refractivity contribution < 1.29 is 19.0 Å². The second-order valence-electron chi connectivity index (χ2n) is 10.4. The number of amides is 1. The highest BCUT2D eigenvalue weighted by molar-refractivity contribution is 5.84. The van der Waals surface area contributed by atoms with Crippen LogP contribution in [0.1, 0.15) is 69.1 Å². The summed E-state index contributed by atoms with van der Waals surface area (Å²) in [5.41, 5.74) is 3.77. The molecule has 0 aliphatic heterocycles. The van der Waals surface area contributed by atoms with E-state index in [0.717, 1.165) is 30.8 Å². The van der Waals surface area contributed by atoms with E-state index in [-0.39, 0.29) is 12.0 Å². The Kier molecular flexibility index (Phi) is 8.19. The first-order valence-corrected chi connectivity index (χ1v) is 12.8. The molecule has 0 heterocycles. The monoisotopic (exact) mass is 487 g/mol. The highest BCUT2D eigenvalue weighted by Gasteiger charge is 2.22. The van der Waals surface area contributed by atoms with Crippen molar-refractivity contribution >= 4 is 11.8 Å². The molecule has 0 aromatic heterocycles. The maximum atomic E-state index is 12.1. The standard InChI is InChI=1S/C31H37NO4/c1-31(2,3)36-30(33)32-25-17-14-22(15-18-25)20-27(23-10-6-5-7-11-23)24-16-19-28(34-4)29(21-24)35-26-12-8-9-13-26/h5-7,10-11,14-19,21,26-27H,8-9,12-13,20H2,1-4H3,(H,32,33). The van der Waals surface area contributed by atoms with E-state index < -0.39 is 11.7 Å². The largest absolute Gasteiger partial charge is 0.493 e. The van der Waals surface area contributed by atoms with Crippen LogP contribution in [0.15, 0.2) is 72.8 Å². The van der Waals surface area contributed by atoms with Gasteiger partial charge in [-0.2, -0.15) is 0 Å². The molecule has 1 amide bonds. The van der Waals surface area contributed by atoms with Crippen molar-refractivity contribution in [3.05, 3.63) is 89.5 Å². The van der Waals surface area contributed by atoms with Crippen LogP contribution in [-0.4, -0.2) is 24.9 Å². The van der Waals surface area contributed by atoms with Gasteiger partial charge in [0.2, 0.25) is 0 Å². The Morgan fingerprint density at radius 1 is 0.917 bits per heavy atom. The molecule has 0 spiro atoms. The third-order valence-electron chi connectivity index (χ3n) is 6.43. The van der Waals surface area contributed by atoms with Crippen molar-refractivity contribution in [1.29, 1.82) is 0 Å². The van der Waals surface area contributed by atoms with Crippen LogP contribution < -0.4 is 14.8 Å². The zero-order valence-corrected chi connectivity index (χ0v) is 21.8. The van der Waals surface area contributed by atoms with Gasteiger partial charge in [-0.15, -0.1) is 0 Å². The van der Waals surface area contributed by atoms with Gasteiger partial charge in [0.15, 0.2) is 11.5 Å². The molecular weight excluding hydrogens is 450 g/mol. The minimum absolute atomic E-state index is 0.146. The topological polar surface area (TPSA) is 56.8 Å². The lowest BCUT2D eigenvalue weighted by Crippen LogP contribution is -2.27. The van der Waals surface area contributed by atoms with Gasteiger partial charge in [0, 0.05) is 11.6 Å². The van der Waals surface area contributed by atoms with E-state index in [9.17, 15) is 4.79 Å². The molecule has 3 aromatic carbocycles. The van der Waals surface area contributed by atoms with Crippen molar-refractivity contribution in [2.75, 3.05) is 12.4 Å². The number of anilines is 1. The first-order valence-electron chi connectivity index (χ1n) is 12.8. The number of hydrogen-bond donors (Lipinski definition) is 1. The van der Waals surface area contributed by atoms with E-state index >= 15 is 0 Å². The molecule has 0 bridgehead atoms. The molecule has 36 heavy (non-hydrogen) atoms. The summed E-state index contributed by atoms with van der Waals surface area (Å²) < 4.78 is 17.4. The molecule has 0 radical (unpaired) electrons. The van der Waals surface area contributed by atoms with Crippen molar-refractivity contribution in [1.82, 2.24) is 0 Å². The van der Waals surface area contributed by atoms with Crippen LogP contribution >= 0.6 is 0 Å². The van der Waals surface area contributed by atoms with E-state index in [1.807, 2.05) is 45.0 Å². The first-order chi connectivity index (χ1) is 17.3. The molecule has 1 atom stereocenters. The fourth-order valence-corrected chi connectivity index (χ4v) is 4.68. The zero-order chi connectivity index (χ0) is 25.5. The molecule has 1 unspecified atom stereocenters. The molecule has 1 fully saturated rings. The quantitative estimate of drug-likeness (QED) is 0.353. The number of methoxy groups -OCH3 is 1. The predicted molar refractivity (Wildman–Crippen MR) is 144 cm³/mol. The third kappa shape index (κ3) is 7.03. The Morgan fingerprint density at radius 3 is 2.25 bits per heavy atom. The molecule has 5 heteroatoms. The highest BCUT2D eigenvalue weighted by atomic mass is 16.6. The molecule has 1 aliphatic carbocycles. The lowest BCUT2D eigenvalue weighted by Gasteiger charge is -2.22. The Morgan fingerprint density at radius 2 is 1.61 bits per heavy atom. The molecule has 0 saturated heterocycles. The summed E-state index contributed by atoms with van der Waals surface area (Å²) in [4.78, 5) is 12.1. The van der Waals surface area contributed by atoms with Gasteiger partial charge in [0.25, 0.3) is 0 Å². The van der Waals surface area contributed by atoms with Crippen molar-refractivity contribution in [2.45, 2.75) is 70.5 Å². The molecule has 4 rings (SSSR count). The van der Waals surface area contributed by atoms with Gasteiger partial charge in [0.1, 0.15) is 5.60 Å². The zero-order valence-electron chi connectivity index (χ0n) is 21.8. The number of carbonyl (C=O) groups is 1.